The minimum absolute atomic E-state index is 0.651. The van der Waals surface area contributed by atoms with E-state index < -0.39 is 6.09 Å². The molecule has 1 aromatic heterocycles. The molecule has 0 unspecified atom stereocenters. The predicted molar refractivity (Wildman–Crippen MR) is 38.6 cm³/mol. The monoisotopic (exact) mass is 158 g/mol. The Hall–Kier alpha value is -1.07. The van der Waals surface area contributed by atoms with Gasteiger partial charge in [-0.3, -0.25) is 5.32 Å². The molecule has 1 amide bonds. The third-order valence-electron chi connectivity index (χ3n) is 0.853. The van der Waals surface area contributed by atoms with Crippen molar-refractivity contribution in [2.45, 2.75) is 0 Å². The van der Waals surface area contributed by atoms with Crippen molar-refractivity contribution in [3.8, 4) is 0 Å². The summed E-state index contributed by atoms with van der Waals surface area (Å²) in [6.45, 7) is 0. The number of carbonyl (C=O) groups excluding carboxylic acids is 1. The molecule has 0 radical (unpaired) electrons. The van der Waals surface area contributed by atoms with Crippen molar-refractivity contribution in [1.82, 2.24) is 0 Å². The van der Waals surface area contributed by atoms with Crippen LogP contribution in [-0.4, -0.2) is 6.09 Å². The summed E-state index contributed by atoms with van der Waals surface area (Å²) in [7, 11) is 0. The molecule has 0 saturated carbocycles. The van der Waals surface area contributed by atoms with Crippen molar-refractivity contribution >= 4 is 22.4 Å². The molecule has 0 bridgehead atoms. The molecular weight excluding hydrogens is 152 g/mol. The number of anilines is 1. The summed E-state index contributed by atoms with van der Waals surface area (Å²) in [4.78, 5) is 14.3. The second kappa shape index (κ2) is 3.19. The summed E-state index contributed by atoms with van der Waals surface area (Å²) >= 11 is 1.40. The van der Waals surface area contributed by atoms with Crippen LogP contribution in [0.4, 0.5) is 9.80 Å². The topological polar surface area (TPSA) is 64.3 Å². The van der Waals surface area contributed by atoms with Crippen molar-refractivity contribution in [2.75, 3.05) is 5.32 Å². The van der Waals surface area contributed by atoms with Crippen LogP contribution < -0.4 is 11.2 Å². The Morgan fingerprint density at radius 3 is 3.10 bits per heavy atom. The van der Waals surface area contributed by atoms with Gasteiger partial charge in [-0.05, 0) is 17.5 Å². The molecule has 0 spiro atoms. The molecule has 0 saturated heterocycles. The number of amides is 1. The summed E-state index contributed by atoms with van der Waals surface area (Å²) in [5, 5.41) is 4.96. The molecule has 4 nitrogen and oxygen atoms in total. The molecule has 1 aromatic rings. The van der Waals surface area contributed by atoms with Gasteiger partial charge in [0.2, 0.25) is 0 Å². The Bertz CT molecular complexity index is 209. The van der Waals surface area contributed by atoms with Crippen molar-refractivity contribution in [2.24, 2.45) is 5.90 Å². The number of carbonyl (C=O) groups is 1. The normalized spacial score (nSPS) is 8.90. The van der Waals surface area contributed by atoms with E-state index in [2.05, 4.69) is 16.1 Å². The highest BCUT2D eigenvalue weighted by molar-refractivity contribution is 7.14. The van der Waals surface area contributed by atoms with E-state index in [4.69, 9.17) is 0 Å². The third kappa shape index (κ3) is 1.71. The summed E-state index contributed by atoms with van der Waals surface area (Å²) in [5.41, 5.74) is 0. The standard InChI is InChI=1S/C5H6N2O2S/c6-9-5(8)7-4-2-1-3-10-4/h1-3H,6H2,(H,7,8). The summed E-state index contributed by atoms with van der Waals surface area (Å²) in [6, 6.07) is 3.57. The molecule has 3 N–H and O–H groups in total. The van der Waals surface area contributed by atoms with Crippen LogP contribution in [-0.2, 0) is 4.84 Å². The summed E-state index contributed by atoms with van der Waals surface area (Å²) in [6.07, 6.45) is -0.651. The highest BCUT2D eigenvalue weighted by atomic mass is 32.1. The molecular formula is C5H6N2O2S. The van der Waals surface area contributed by atoms with Gasteiger partial charge in [0.1, 0.15) is 0 Å². The number of nitrogens with one attached hydrogen (secondary N) is 1. The molecule has 5 heteroatoms. The number of rotatable bonds is 1. The lowest BCUT2D eigenvalue weighted by molar-refractivity contribution is 0.164. The van der Waals surface area contributed by atoms with Crippen molar-refractivity contribution in [1.29, 1.82) is 0 Å². The van der Waals surface area contributed by atoms with E-state index in [1.807, 2.05) is 11.4 Å². The van der Waals surface area contributed by atoms with Gasteiger partial charge in [0, 0.05) is 0 Å². The Morgan fingerprint density at radius 2 is 2.60 bits per heavy atom. The fourth-order valence-corrected chi connectivity index (χ4v) is 1.08. The van der Waals surface area contributed by atoms with Crippen LogP contribution in [0, 0.1) is 0 Å². The first kappa shape index (κ1) is 7.04. The number of hydrogen-bond donors (Lipinski definition) is 2. The minimum Gasteiger partial charge on any atom is -0.357 e. The van der Waals surface area contributed by atoms with E-state index >= 15 is 0 Å². The van der Waals surface area contributed by atoms with Crippen molar-refractivity contribution in [3.63, 3.8) is 0 Å². The first-order valence-electron chi connectivity index (χ1n) is 2.54. The maximum Gasteiger partial charge on any atom is 0.430 e. The molecule has 1 heterocycles. The fourth-order valence-electron chi connectivity index (χ4n) is 0.480. The third-order valence-corrected chi connectivity index (χ3v) is 1.64. The number of thiophene rings is 1. The zero-order valence-corrected chi connectivity index (χ0v) is 5.85. The Morgan fingerprint density at radius 1 is 1.80 bits per heavy atom. The molecule has 10 heavy (non-hydrogen) atoms. The van der Waals surface area contributed by atoms with Gasteiger partial charge < -0.3 is 4.84 Å². The van der Waals surface area contributed by atoms with Crippen molar-refractivity contribution in [3.05, 3.63) is 17.5 Å². The van der Waals surface area contributed by atoms with Crippen LogP contribution >= 0.6 is 11.3 Å². The molecule has 0 aliphatic carbocycles. The summed E-state index contributed by atoms with van der Waals surface area (Å²) < 4.78 is 0. The molecule has 0 atom stereocenters. The van der Waals surface area contributed by atoms with E-state index in [1.165, 1.54) is 11.3 Å². The molecule has 0 aliphatic heterocycles. The molecule has 1 rings (SSSR count). The van der Waals surface area contributed by atoms with Crippen LogP contribution in [0.3, 0.4) is 0 Å². The molecule has 0 aromatic carbocycles. The summed E-state index contributed by atoms with van der Waals surface area (Å²) in [5.74, 6) is 4.58. The van der Waals surface area contributed by atoms with E-state index in [-0.39, 0.29) is 0 Å². The van der Waals surface area contributed by atoms with Crippen LogP contribution in [0.5, 0.6) is 0 Å². The smallest absolute Gasteiger partial charge is 0.357 e. The van der Waals surface area contributed by atoms with Gasteiger partial charge in [-0.2, -0.15) is 5.90 Å². The van der Waals surface area contributed by atoms with Gasteiger partial charge in [-0.15, -0.1) is 11.3 Å². The second-order valence-corrected chi connectivity index (χ2v) is 2.46. The first-order valence-corrected chi connectivity index (χ1v) is 3.42. The van der Waals surface area contributed by atoms with Crippen LogP contribution in [0.25, 0.3) is 0 Å². The number of nitrogens with two attached hydrogens (primary N) is 1. The van der Waals surface area contributed by atoms with Crippen molar-refractivity contribution < 1.29 is 9.63 Å². The quantitative estimate of drug-likeness (QED) is 0.603. The van der Waals surface area contributed by atoms with Gasteiger partial charge in [0.05, 0.1) is 5.00 Å². The van der Waals surface area contributed by atoms with E-state index in [1.54, 1.807) is 6.07 Å². The zero-order valence-electron chi connectivity index (χ0n) is 5.03. The maximum absolute atomic E-state index is 10.4. The largest absolute Gasteiger partial charge is 0.430 e. The molecule has 0 fully saturated rings. The van der Waals surface area contributed by atoms with Gasteiger partial charge in [0.15, 0.2) is 0 Å². The zero-order chi connectivity index (χ0) is 7.40. The Kier molecular flexibility index (Phi) is 2.24. The van der Waals surface area contributed by atoms with Crippen LogP contribution in [0.1, 0.15) is 0 Å². The predicted octanol–water partition coefficient (Wildman–Crippen LogP) is 1.17. The molecule has 0 aliphatic rings. The SMILES string of the molecule is NOC(=O)Nc1cccs1. The highest BCUT2D eigenvalue weighted by Crippen LogP contribution is 2.14. The average Bonchev–Trinajstić information content (AvgIpc) is 2.40. The fraction of sp³-hybridized carbons (Fsp3) is 0. The van der Waals surface area contributed by atoms with Crippen LogP contribution in [0.15, 0.2) is 17.5 Å². The van der Waals surface area contributed by atoms with Gasteiger partial charge in [-0.25, -0.2) is 4.79 Å². The lowest BCUT2D eigenvalue weighted by Gasteiger charge is -1.96. The van der Waals surface area contributed by atoms with Gasteiger partial charge in [-0.1, -0.05) is 0 Å². The lowest BCUT2D eigenvalue weighted by Crippen LogP contribution is -2.16. The minimum atomic E-state index is -0.651. The Labute approximate surface area is 61.6 Å². The lowest BCUT2D eigenvalue weighted by atomic mass is 10.6. The molecule has 54 valence electrons. The van der Waals surface area contributed by atoms with Crippen LogP contribution in [0.2, 0.25) is 0 Å². The van der Waals surface area contributed by atoms with E-state index in [9.17, 15) is 4.79 Å². The van der Waals surface area contributed by atoms with E-state index in [0.29, 0.717) is 0 Å². The van der Waals surface area contributed by atoms with Gasteiger partial charge in [0.25, 0.3) is 0 Å². The second-order valence-electron chi connectivity index (χ2n) is 1.51. The number of hydrogen-bond acceptors (Lipinski definition) is 4. The maximum atomic E-state index is 10.4. The Balaban J connectivity index is 2.48. The van der Waals surface area contributed by atoms with E-state index in [0.717, 1.165) is 5.00 Å². The first-order chi connectivity index (χ1) is 4.83. The highest BCUT2D eigenvalue weighted by Gasteiger charge is 1.99. The van der Waals surface area contributed by atoms with Gasteiger partial charge >= 0.3 is 6.09 Å². The average molecular weight is 158 g/mol.